The molecule has 1 amide bonds. The van der Waals surface area contributed by atoms with Gasteiger partial charge >= 0.3 is 12.1 Å². The number of hydrogen-bond donors (Lipinski definition) is 1. The first-order chi connectivity index (χ1) is 6.07. The van der Waals surface area contributed by atoms with Crippen LogP contribution in [0.2, 0.25) is 0 Å². The first-order valence-electron chi connectivity index (χ1n) is 4.32. The third-order valence-corrected chi connectivity index (χ3v) is 2.16. The fourth-order valence-corrected chi connectivity index (χ4v) is 1.44. The molecule has 1 aliphatic heterocycles. The van der Waals surface area contributed by atoms with Crippen LogP contribution in [0.3, 0.4) is 0 Å². The van der Waals surface area contributed by atoms with Gasteiger partial charge in [-0.05, 0) is 6.42 Å². The number of likely N-dealkylation sites (N-methyl/N-ethyl adjacent to an activating group) is 1. The highest BCUT2D eigenvalue weighted by Crippen LogP contribution is 2.16. The van der Waals surface area contributed by atoms with Gasteiger partial charge in [-0.1, -0.05) is 13.3 Å². The van der Waals surface area contributed by atoms with Crippen LogP contribution in [0.5, 0.6) is 0 Å². The Morgan fingerprint density at radius 2 is 2.23 bits per heavy atom. The summed E-state index contributed by atoms with van der Waals surface area (Å²) >= 11 is 0. The SMILES string of the molecule is CCCC(N)[C@H]1C(=O)OC(=O)N1C. The molecule has 0 spiro atoms. The number of rotatable bonds is 3. The van der Waals surface area contributed by atoms with Gasteiger partial charge in [0, 0.05) is 13.1 Å². The van der Waals surface area contributed by atoms with E-state index in [-0.39, 0.29) is 6.04 Å². The topological polar surface area (TPSA) is 72.6 Å². The standard InChI is InChI=1S/C8H14N2O3/c1-3-4-5(9)6-7(11)13-8(12)10(6)2/h5-6H,3-4,9H2,1-2H3/t5?,6-/m0/s1. The van der Waals surface area contributed by atoms with E-state index in [0.717, 1.165) is 6.42 Å². The molecule has 2 atom stereocenters. The Kier molecular flexibility index (Phi) is 2.87. The molecule has 13 heavy (non-hydrogen) atoms. The second kappa shape index (κ2) is 3.74. The predicted molar refractivity (Wildman–Crippen MR) is 45.9 cm³/mol. The molecule has 1 aliphatic rings. The quantitative estimate of drug-likeness (QED) is 0.501. The van der Waals surface area contributed by atoms with Crippen LogP contribution in [0, 0.1) is 0 Å². The molecule has 0 aromatic heterocycles. The fraction of sp³-hybridized carbons (Fsp3) is 0.750. The van der Waals surface area contributed by atoms with Gasteiger partial charge in [0.25, 0.3) is 0 Å². The van der Waals surface area contributed by atoms with Crippen molar-refractivity contribution in [1.29, 1.82) is 0 Å². The van der Waals surface area contributed by atoms with Crippen molar-refractivity contribution in [2.75, 3.05) is 7.05 Å². The van der Waals surface area contributed by atoms with Crippen molar-refractivity contribution in [3.8, 4) is 0 Å². The van der Waals surface area contributed by atoms with Crippen LogP contribution >= 0.6 is 0 Å². The Bertz CT molecular complexity index is 229. The maximum Gasteiger partial charge on any atom is 0.418 e. The molecule has 74 valence electrons. The van der Waals surface area contributed by atoms with E-state index in [1.807, 2.05) is 6.92 Å². The molecule has 1 rings (SSSR count). The van der Waals surface area contributed by atoms with Gasteiger partial charge in [0.15, 0.2) is 0 Å². The van der Waals surface area contributed by atoms with E-state index in [1.54, 1.807) is 0 Å². The summed E-state index contributed by atoms with van der Waals surface area (Å²) in [6, 6.07) is -0.929. The molecule has 1 saturated heterocycles. The van der Waals surface area contributed by atoms with Gasteiger partial charge in [-0.3, -0.25) is 4.90 Å². The van der Waals surface area contributed by atoms with Gasteiger partial charge < -0.3 is 10.5 Å². The van der Waals surface area contributed by atoms with Crippen LogP contribution in [0.25, 0.3) is 0 Å². The summed E-state index contributed by atoms with van der Waals surface area (Å²) in [5, 5.41) is 0. The smallest absolute Gasteiger partial charge is 0.375 e. The van der Waals surface area contributed by atoms with Gasteiger partial charge in [0.05, 0.1) is 0 Å². The molecular weight excluding hydrogens is 172 g/mol. The van der Waals surface area contributed by atoms with Crippen molar-refractivity contribution in [2.45, 2.75) is 31.8 Å². The molecule has 0 radical (unpaired) electrons. The average molecular weight is 186 g/mol. The summed E-state index contributed by atoms with van der Waals surface area (Å²) in [6.45, 7) is 1.97. The van der Waals surface area contributed by atoms with Crippen molar-refractivity contribution in [3.63, 3.8) is 0 Å². The van der Waals surface area contributed by atoms with E-state index >= 15 is 0 Å². The Balaban J connectivity index is 2.67. The van der Waals surface area contributed by atoms with Gasteiger partial charge in [-0.15, -0.1) is 0 Å². The number of amides is 1. The molecular formula is C8H14N2O3. The molecule has 5 nitrogen and oxygen atoms in total. The molecule has 1 heterocycles. The lowest BCUT2D eigenvalue weighted by molar-refractivity contribution is -0.136. The van der Waals surface area contributed by atoms with Crippen molar-refractivity contribution in [3.05, 3.63) is 0 Å². The summed E-state index contributed by atoms with van der Waals surface area (Å²) in [5.74, 6) is -0.534. The Labute approximate surface area is 76.8 Å². The summed E-state index contributed by atoms with van der Waals surface area (Å²) in [4.78, 5) is 23.3. The van der Waals surface area contributed by atoms with E-state index in [4.69, 9.17) is 5.73 Å². The Hall–Kier alpha value is -1.10. The lowest BCUT2D eigenvalue weighted by Gasteiger charge is -2.20. The van der Waals surface area contributed by atoms with Crippen molar-refractivity contribution in [1.82, 2.24) is 4.90 Å². The second-order valence-corrected chi connectivity index (χ2v) is 3.20. The lowest BCUT2D eigenvalue weighted by Crippen LogP contribution is -2.46. The zero-order chi connectivity index (χ0) is 10.0. The Morgan fingerprint density at radius 3 is 2.62 bits per heavy atom. The highest BCUT2D eigenvalue weighted by molar-refractivity contribution is 5.95. The zero-order valence-corrected chi connectivity index (χ0v) is 7.82. The summed E-state index contributed by atoms with van der Waals surface area (Å²) < 4.78 is 4.42. The van der Waals surface area contributed by atoms with Crippen LogP contribution in [0.15, 0.2) is 0 Å². The minimum atomic E-state index is -0.610. The van der Waals surface area contributed by atoms with Gasteiger partial charge in [-0.2, -0.15) is 0 Å². The molecule has 1 unspecified atom stereocenters. The monoisotopic (exact) mass is 186 g/mol. The maximum atomic E-state index is 11.1. The molecule has 1 fully saturated rings. The second-order valence-electron chi connectivity index (χ2n) is 3.20. The molecule has 5 heteroatoms. The minimum Gasteiger partial charge on any atom is -0.375 e. The van der Waals surface area contributed by atoms with Crippen LogP contribution in [0.4, 0.5) is 4.79 Å². The number of carbonyl (C=O) groups excluding carboxylic acids is 2. The minimum absolute atomic E-state index is 0.325. The number of carbonyl (C=O) groups is 2. The van der Waals surface area contributed by atoms with E-state index in [0.29, 0.717) is 6.42 Å². The number of nitrogens with zero attached hydrogens (tertiary/aromatic N) is 1. The van der Waals surface area contributed by atoms with Crippen LogP contribution in [-0.2, 0) is 9.53 Å². The number of hydrogen-bond acceptors (Lipinski definition) is 4. The normalized spacial score (nSPS) is 24.8. The van der Waals surface area contributed by atoms with Gasteiger partial charge in [0.2, 0.25) is 0 Å². The third kappa shape index (κ3) is 1.80. The molecule has 0 bridgehead atoms. The van der Waals surface area contributed by atoms with Crippen molar-refractivity contribution >= 4 is 12.1 Å². The lowest BCUT2D eigenvalue weighted by atomic mass is 10.0. The number of ether oxygens (including phenoxy) is 1. The molecule has 0 aromatic carbocycles. The van der Waals surface area contributed by atoms with E-state index in [2.05, 4.69) is 4.74 Å². The summed E-state index contributed by atoms with van der Waals surface area (Å²) in [7, 11) is 1.52. The molecule has 0 aromatic rings. The molecule has 0 saturated carbocycles. The maximum absolute atomic E-state index is 11.1. The number of esters is 1. The van der Waals surface area contributed by atoms with Crippen molar-refractivity contribution in [2.24, 2.45) is 5.73 Å². The van der Waals surface area contributed by atoms with E-state index < -0.39 is 18.1 Å². The highest BCUT2D eigenvalue weighted by atomic mass is 16.6. The largest absolute Gasteiger partial charge is 0.418 e. The highest BCUT2D eigenvalue weighted by Gasteiger charge is 2.41. The van der Waals surface area contributed by atoms with Crippen LogP contribution in [-0.4, -0.2) is 36.1 Å². The third-order valence-electron chi connectivity index (χ3n) is 2.16. The van der Waals surface area contributed by atoms with E-state index in [1.165, 1.54) is 11.9 Å². The van der Waals surface area contributed by atoms with Crippen LogP contribution < -0.4 is 5.73 Å². The predicted octanol–water partition coefficient (Wildman–Crippen LogP) is 0.0910. The molecule has 2 N–H and O–H groups in total. The van der Waals surface area contributed by atoms with Crippen molar-refractivity contribution < 1.29 is 14.3 Å². The first kappa shape index (κ1) is 9.98. The van der Waals surface area contributed by atoms with Gasteiger partial charge in [-0.25, -0.2) is 9.59 Å². The zero-order valence-electron chi connectivity index (χ0n) is 7.82. The van der Waals surface area contributed by atoms with Gasteiger partial charge in [0.1, 0.15) is 6.04 Å². The summed E-state index contributed by atoms with van der Waals surface area (Å²) in [6.07, 6.45) is 0.978. The fourth-order valence-electron chi connectivity index (χ4n) is 1.44. The summed E-state index contributed by atoms with van der Waals surface area (Å²) in [5.41, 5.74) is 5.74. The number of nitrogens with two attached hydrogens (primary N) is 1. The van der Waals surface area contributed by atoms with E-state index in [9.17, 15) is 9.59 Å². The first-order valence-corrected chi connectivity index (χ1v) is 4.32. The number of cyclic esters (lactones) is 2. The van der Waals surface area contributed by atoms with Crippen LogP contribution in [0.1, 0.15) is 19.8 Å². The average Bonchev–Trinajstić information content (AvgIpc) is 2.27. The Morgan fingerprint density at radius 1 is 1.62 bits per heavy atom. The molecule has 0 aliphatic carbocycles.